The molecular formula is C18H16N4O2. The zero-order valence-corrected chi connectivity index (χ0v) is 13.2. The van der Waals surface area contributed by atoms with Gasteiger partial charge in [0, 0.05) is 23.6 Å². The number of hydrogen-bond donors (Lipinski definition) is 1. The number of aromatic nitrogens is 2. The molecule has 1 aromatic heterocycles. The lowest BCUT2D eigenvalue weighted by Gasteiger charge is -2.14. The van der Waals surface area contributed by atoms with Crippen molar-refractivity contribution in [2.45, 2.75) is 25.8 Å². The molecule has 0 saturated carbocycles. The highest BCUT2D eigenvalue weighted by molar-refractivity contribution is 5.89. The summed E-state index contributed by atoms with van der Waals surface area (Å²) >= 11 is 0. The summed E-state index contributed by atoms with van der Waals surface area (Å²) in [6, 6.07) is 11.4. The van der Waals surface area contributed by atoms with Crippen LogP contribution >= 0.6 is 0 Å². The Labute approximate surface area is 138 Å². The van der Waals surface area contributed by atoms with Gasteiger partial charge in [-0.15, -0.1) is 0 Å². The van der Waals surface area contributed by atoms with Crippen molar-refractivity contribution in [1.82, 2.24) is 9.97 Å². The van der Waals surface area contributed by atoms with Crippen molar-refractivity contribution >= 4 is 22.4 Å². The Kier molecular flexibility index (Phi) is 3.37. The molecule has 1 aliphatic carbocycles. The lowest BCUT2D eigenvalue weighted by molar-refractivity contribution is -0.384. The van der Waals surface area contributed by atoms with Crippen LogP contribution in [0.15, 0.2) is 42.7 Å². The molecule has 4 rings (SSSR count). The topological polar surface area (TPSA) is 81.0 Å². The van der Waals surface area contributed by atoms with Crippen LogP contribution in [0.25, 0.3) is 10.9 Å². The number of fused-ring (bicyclic) bond motifs is 2. The van der Waals surface area contributed by atoms with Crippen molar-refractivity contribution in [3.63, 3.8) is 0 Å². The third-order valence-electron chi connectivity index (χ3n) is 4.46. The van der Waals surface area contributed by atoms with Crippen LogP contribution < -0.4 is 5.32 Å². The highest BCUT2D eigenvalue weighted by Crippen LogP contribution is 2.29. The fourth-order valence-corrected chi connectivity index (χ4v) is 3.30. The number of anilines is 1. The number of aryl methyl sites for hydroxylation is 1. The van der Waals surface area contributed by atoms with E-state index in [9.17, 15) is 10.1 Å². The molecule has 1 heterocycles. The molecule has 2 aromatic carbocycles. The predicted molar refractivity (Wildman–Crippen MR) is 92.2 cm³/mol. The van der Waals surface area contributed by atoms with Crippen LogP contribution in [0.1, 0.15) is 16.7 Å². The Morgan fingerprint density at radius 3 is 2.79 bits per heavy atom. The van der Waals surface area contributed by atoms with Gasteiger partial charge in [0.2, 0.25) is 0 Å². The van der Waals surface area contributed by atoms with Gasteiger partial charge in [0.15, 0.2) is 0 Å². The van der Waals surface area contributed by atoms with Crippen LogP contribution in [0.5, 0.6) is 0 Å². The highest BCUT2D eigenvalue weighted by Gasteiger charge is 2.24. The van der Waals surface area contributed by atoms with E-state index in [0.717, 1.165) is 46.3 Å². The van der Waals surface area contributed by atoms with Gasteiger partial charge in [0.05, 0.1) is 10.4 Å². The van der Waals surface area contributed by atoms with Crippen LogP contribution in [0, 0.1) is 17.0 Å². The summed E-state index contributed by atoms with van der Waals surface area (Å²) in [4.78, 5) is 19.3. The first-order chi connectivity index (χ1) is 11.6. The second-order valence-electron chi connectivity index (χ2n) is 6.20. The number of nitrogens with one attached hydrogen (secondary N) is 1. The molecule has 1 N–H and O–H groups in total. The fourth-order valence-electron chi connectivity index (χ4n) is 3.30. The molecule has 24 heavy (non-hydrogen) atoms. The van der Waals surface area contributed by atoms with Gasteiger partial charge in [-0.25, -0.2) is 9.97 Å². The maximum atomic E-state index is 10.9. The van der Waals surface area contributed by atoms with Crippen molar-refractivity contribution in [3.8, 4) is 0 Å². The van der Waals surface area contributed by atoms with Gasteiger partial charge in [0.1, 0.15) is 12.1 Å². The summed E-state index contributed by atoms with van der Waals surface area (Å²) in [5.41, 5.74) is 4.41. The molecule has 0 aliphatic heterocycles. The average Bonchev–Trinajstić information content (AvgIpc) is 2.96. The maximum Gasteiger partial charge on any atom is 0.269 e. The second kappa shape index (κ2) is 5.56. The van der Waals surface area contributed by atoms with Crippen molar-refractivity contribution in [2.75, 3.05) is 5.32 Å². The van der Waals surface area contributed by atoms with E-state index in [1.165, 1.54) is 0 Å². The SMILES string of the molecule is Cc1ccc2ncnc(NC3Cc4ccc([N+](=O)[O-])cc4C3)c2c1. The van der Waals surface area contributed by atoms with Gasteiger partial charge in [-0.1, -0.05) is 17.7 Å². The fraction of sp³-hybridized carbons (Fsp3) is 0.222. The second-order valence-corrected chi connectivity index (χ2v) is 6.20. The number of benzene rings is 2. The smallest absolute Gasteiger partial charge is 0.269 e. The lowest BCUT2D eigenvalue weighted by Crippen LogP contribution is -2.20. The van der Waals surface area contributed by atoms with Crippen LogP contribution in [-0.4, -0.2) is 20.9 Å². The van der Waals surface area contributed by atoms with E-state index in [0.29, 0.717) is 0 Å². The first-order valence-corrected chi connectivity index (χ1v) is 7.84. The van der Waals surface area contributed by atoms with E-state index < -0.39 is 0 Å². The normalized spacial score (nSPS) is 16.1. The molecule has 0 radical (unpaired) electrons. The van der Waals surface area contributed by atoms with E-state index >= 15 is 0 Å². The minimum atomic E-state index is -0.345. The number of non-ortho nitro benzene ring substituents is 1. The summed E-state index contributed by atoms with van der Waals surface area (Å²) in [5.74, 6) is 0.816. The molecule has 0 fully saturated rings. The highest BCUT2D eigenvalue weighted by atomic mass is 16.6. The van der Waals surface area contributed by atoms with E-state index in [-0.39, 0.29) is 16.7 Å². The molecular weight excluding hydrogens is 304 g/mol. The van der Waals surface area contributed by atoms with Crippen LogP contribution in [0.2, 0.25) is 0 Å². The molecule has 6 nitrogen and oxygen atoms in total. The Hall–Kier alpha value is -3.02. The Morgan fingerprint density at radius 2 is 1.96 bits per heavy atom. The van der Waals surface area contributed by atoms with Crippen molar-refractivity contribution in [1.29, 1.82) is 0 Å². The molecule has 1 unspecified atom stereocenters. The minimum Gasteiger partial charge on any atom is -0.366 e. The monoisotopic (exact) mass is 320 g/mol. The van der Waals surface area contributed by atoms with E-state index in [2.05, 4.69) is 21.4 Å². The summed E-state index contributed by atoms with van der Waals surface area (Å²) < 4.78 is 0. The van der Waals surface area contributed by atoms with Crippen molar-refractivity contribution < 1.29 is 4.92 Å². The Morgan fingerprint density at radius 1 is 1.12 bits per heavy atom. The zero-order chi connectivity index (χ0) is 16.7. The van der Waals surface area contributed by atoms with Crippen LogP contribution in [0.3, 0.4) is 0 Å². The van der Waals surface area contributed by atoms with Gasteiger partial charge >= 0.3 is 0 Å². The lowest BCUT2D eigenvalue weighted by atomic mass is 10.1. The predicted octanol–water partition coefficient (Wildman–Crippen LogP) is 3.43. The summed E-state index contributed by atoms with van der Waals surface area (Å²) in [5, 5.41) is 15.4. The molecule has 1 atom stereocenters. The first kappa shape index (κ1) is 14.6. The van der Waals surface area contributed by atoms with Gasteiger partial charge in [-0.2, -0.15) is 0 Å². The van der Waals surface area contributed by atoms with Gasteiger partial charge in [-0.3, -0.25) is 10.1 Å². The molecule has 0 saturated heterocycles. The third-order valence-corrected chi connectivity index (χ3v) is 4.46. The molecule has 6 heteroatoms. The molecule has 1 aliphatic rings. The molecule has 0 bridgehead atoms. The van der Waals surface area contributed by atoms with Crippen LogP contribution in [-0.2, 0) is 12.8 Å². The maximum absolute atomic E-state index is 10.9. The Bertz CT molecular complexity index is 955. The minimum absolute atomic E-state index is 0.150. The van der Waals surface area contributed by atoms with Crippen molar-refractivity contribution in [2.24, 2.45) is 0 Å². The number of nitro groups is 1. The summed E-state index contributed by atoms with van der Waals surface area (Å²) in [6.07, 6.45) is 3.16. The summed E-state index contributed by atoms with van der Waals surface area (Å²) in [6.45, 7) is 2.04. The van der Waals surface area contributed by atoms with Gasteiger partial charge < -0.3 is 5.32 Å². The Balaban J connectivity index is 1.61. The van der Waals surface area contributed by atoms with Crippen molar-refractivity contribution in [3.05, 3.63) is 69.5 Å². The summed E-state index contributed by atoms with van der Waals surface area (Å²) in [7, 11) is 0. The molecule has 0 spiro atoms. The quantitative estimate of drug-likeness (QED) is 0.590. The zero-order valence-electron chi connectivity index (χ0n) is 13.2. The van der Waals surface area contributed by atoms with Gasteiger partial charge in [-0.05, 0) is 43.0 Å². The van der Waals surface area contributed by atoms with E-state index in [4.69, 9.17) is 0 Å². The molecule has 3 aromatic rings. The van der Waals surface area contributed by atoms with E-state index in [1.807, 2.05) is 25.1 Å². The van der Waals surface area contributed by atoms with Crippen LogP contribution in [0.4, 0.5) is 11.5 Å². The van der Waals surface area contributed by atoms with Gasteiger partial charge in [0.25, 0.3) is 5.69 Å². The molecule has 0 amide bonds. The van der Waals surface area contributed by atoms with E-state index in [1.54, 1.807) is 18.5 Å². The number of nitrogens with zero attached hydrogens (tertiary/aromatic N) is 3. The first-order valence-electron chi connectivity index (χ1n) is 7.84. The third kappa shape index (κ3) is 2.56. The number of rotatable bonds is 3. The number of nitro benzene ring substituents is 1. The molecule has 120 valence electrons. The number of hydrogen-bond acceptors (Lipinski definition) is 5. The largest absolute Gasteiger partial charge is 0.366 e. The standard InChI is InChI=1S/C18H16N4O2/c1-11-2-5-17-16(6-11)18(20-10-19-17)21-14-7-12-3-4-15(22(23)24)9-13(12)8-14/h2-6,9-10,14H,7-8H2,1H3,(H,19,20,21). The average molecular weight is 320 g/mol.